The van der Waals surface area contributed by atoms with E-state index in [0.717, 1.165) is 20.7 Å². The van der Waals surface area contributed by atoms with Crippen LogP contribution in [0.1, 0.15) is 21.5 Å². The van der Waals surface area contributed by atoms with Crippen LogP contribution in [0.15, 0.2) is 41.4 Å². The number of halogens is 1. The third kappa shape index (κ3) is 4.01. The van der Waals surface area contributed by atoms with Crippen LogP contribution in [0.2, 0.25) is 0 Å². The summed E-state index contributed by atoms with van der Waals surface area (Å²) in [5, 5.41) is 0. The molecular weight excluding hydrogens is 463 g/mol. The van der Waals surface area contributed by atoms with Crippen LogP contribution in [0.4, 0.5) is 0 Å². The van der Waals surface area contributed by atoms with Gasteiger partial charge < -0.3 is 4.57 Å². The topological polar surface area (TPSA) is 34.4 Å². The van der Waals surface area contributed by atoms with E-state index in [2.05, 4.69) is 64.4 Å². The molecule has 0 aliphatic rings. The number of aryl methyl sites for hydroxylation is 3. The Morgan fingerprint density at radius 2 is 2.04 bits per heavy atom. The second-order valence-electron chi connectivity index (χ2n) is 5.86. The Morgan fingerprint density at radius 1 is 1.28 bits per heavy atom. The Hall–Kier alpha value is -1.12. The minimum absolute atomic E-state index is 0.177. The van der Waals surface area contributed by atoms with Crippen molar-refractivity contribution in [2.75, 3.05) is 12.0 Å². The first kappa shape index (κ1) is 18.7. The molecule has 1 aromatic heterocycles. The lowest BCUT2D eigenvalue weighted by atomic mass is 10.1. The van der Waals surface area contributed by atoms with Gasteiger partial charge in [-0.2, -0.15) is 16.8 Å². The molecule has 0 bridgehead atoms. The maximum atomic E-state index is 12.7. The molecule has 3 aromatic rings. The molecule has 6 heteroatoms. The summed E-state index contributed by atoms with van der Waals surface area (Å²) >= 11 is 5.59. The van der Waals surface area contributed by atoms with E-state index >= 15 is 0 Å². The SMILES string of the molecule is CSCCn1c(=NC(=O)c2ccccc2I)sc2c(C)cc(C)cc21. The van der Waals surface area contributed by atoms with Gasteiger partial charge in [0.15, 0.2) is 4.80 Å². The Labute approximate surface area is 169 Å². The minimum Gasteiger partial charge on any atom is -0.315 e. The largest absolute Gasteiger partial charge is 0.315 e. The quantitative estimate of drug-likeness (QED) is 0.489. The summed E-state index contributed by atoms with van der Waals surface area (Å²) in [5.74, 6) is 0.812. The zero-order valence-electron chi connectivity index (χ0n) is 14.4. The number of hydrogen-bond acceptors (Lipinski definition) is 3. The summed E-state index contributed by atoms with van der Waals surface area (Å²) in [4.78, 5) is 18.0. The molecule has 130 valence electrons. The average molecular weight is 482 g/mol. The van der Waals surface area contributed by atoms with Crippen LogP contribution in [0.3, 0.4) is 0 Å². The van der Waals surface area contributed by atoms with E-state index in [1.807, 2.05) is 24.3 Å². The Balaban J connectivity index is 2.19. The van der Waals surface area contributed by atoms with Crippen LogP contribution < -0.4 is 4.80 Å². The molecule has 0 atom stereocenters. The molecule has 25 heavy (non-hydrogen) atoms. The molecule has 0 radical (unpaired) electrons. The first-order chi connectivity index (χ1) is 12.0. The molecule has 0 saturated heterocycles. The predicted octanol–water partition coefficient (Wildman–Crippen LogP) is 5.03. The van der Waals surface area contributed by atoms with Crippen molar-refractivity contribution in [1.82, 2.24) is 4.57 Å². The highest BCUT2D eigenvalue weighted by Crippen LogP contribution is 2.24. The first-order valence-electron chi connectivity index (χ1n) is 7.94. The van der Waals surface area contributed by atoms with E-state index in [4.69, 9.17) is 0 Å². The molecule has 0 unspecified atom stereocenters. The van der Waals surface area contributed by atoms with Gasteiger partial charge in [-0.25, -0.2) is 0 Å². The van der Waals surface area contributed by atoms with Gasteiger partial charge in [0, 0.05) is 15.9 Å². The number of carbonyl (C=O) groups is 1. The lowest BCUT2D eigenvalue weighted by Crippen LogP contribution is -2.18. The fourth-order valence-corrected chi connectivity index (χ4v) is 4.87. The molecule has 0 spiro atoms. The highest BCUT2D eigenvalue weighted by atomic mass is 127. The Kier molecular flexibility index (Phi) is 6.01. The number of thioether (sulfide) groups is 1. The highest BCUT2D eigenvalue weighted by Gasteiger charge is 2.12. The second-order valence-corrected chi connectivity index (χ2v) is 8.98. The van der Waals surface area contributed by atoms with E-state index in [0.29, 0.717) is 5.56 Å². The number of amides is 1. The van der Waals surface area contributed by atoms with Gasteiger partial charge in [-0.15, -0.1) is 0 Å². The van der Waals surface area contributed by atoms with Crippen molar-refractivity contribution in [2.24, 2.45) is 4.99 Å². The Bertz CT molecular complexity index is 1000. The fourth-order valence-electron chi connectivity index (χ4n) is 2.78. The summed E-state index contributed by atoms with van der Waals surface area (Å²) in [5.41, 5.74) is 4.30. The maximum Gasteiger partial charge on any atom is 0.280 e. The van der Waals surface area contributed by atoms with Gasteiger partial charge in [-0.3, -0.25) is 4.79 Å². The van der Waals surface area contributed by atoms with Gasteiger partial charge >= 0.3 is 0 Å². The summed E-state index contributed by atoms with van der Waals surface area (Å²) < 4.78 is 4.32. The molecule has 2 aromatic carbocycles. The second kappa shape index (κ2) is 8.05. The van der Waals surface area contributed by atoms with Gasteiger partial charge in [-0.1, -0.05) is 29.5 Å². The zero-order chi connectivity index (χ0) is 18.0. The van der Waals surface area contributed by atoms with Crippen molar-refractivity contribution in [2.45, 2.75) is 20.4 Å². The predicted molar refractivity (Wildman–Crippen MR) is 117 cm³/mol. The molecule has 3 nitrogen and oxygen atoms in total. The van der Waals surface area contributed by atoms with E-state index in [-0.39, 0.29) is 5.91 Å². The fraction of sp³-hybridized carbons (Fsp3) is 0.263. The molecule has 1 heterocycles. The van der Waals surface area contributed by atoms with Crippen molar-refractivity contribution in [1.29, 1.82) is 0 Å². The smallest absolute Gasteiger partial charge is 0.280 e. The standard InChI is InChI=1S/C19H19IN2OS2/c1-12-10-13(2)17-16(11-12)22(8-9-24-3)19(25-17)21-18(23)14-6-4-5-7-15(14)20/h4-7,10-11H,8-9H2,1-3H3. The number of aromatic nitrogens is 1. The van der Waals surface area contributed by atoms with Crippen LogP contribution in [0, 0.1) is 17.4 Å². The Morgan fingerprint density at radius 3 is 2.76 bits per heavy atom. The van der Waals surface area contributed by atoms with Crippen molar-refractivity contribution >= 4 is 61.8 Å². The van der Waals surface area contributed by atoms with Crippen molar-refractivity contribution in [3.05, 3.63) is 61.5 Å². The minimum atomic E-state index is -0.177. The number of fused-ring (bicyclic) bond motifs is 1. The number of benzene rings is 2. The number of hydrogen-bond donors (Lipinski definition) is 0. The van der Waals surface area contributed by atoms with Gasteiger partial charge in [0.25, 0.3) is 5.91 Å². The number of rotatable bonds is 4. The molecule has 3 rings (SSSR count). The van der Waals surface area contributed by atoms with Gasteiger partial charge in [0.2, 0.25) is 0 Å². The third-order valence-electron chi connectivity index (χ3n) is 3.93. The lowest BCUT2D eigenvalue weighted by Gasteiger charge is -2.05. The summed E-state index contributed by atoms with van der Waals surface area (Å²) in [6.45, 7) is 5.08. The first-order valence-corrected chi connectivity index (χ1v) is 11.2. The molecule has 0 aliphatic heterocycles. The normalized spacial score (nSPS) is 12.1. The zero-order valence-corrected chi connectivity index (χ0v) is 18.2. The number of nitrogens with zero attached hydrogens (tertiary/aromatic N) is 2. The van der Waals surface area contributed by atoms with Crippen LogP contribution in [0.25, 0.3) is 10.2 Å². The van der Waals surface area contributed by atoms with Gasteiger partial charge in [0.05, 0.1) is 15.8 Å². The van der Waals surface area contributed by atoms with Gasteiger partial charge in [-0.05, 0) is 72.0 Å². The number of thiazole rings is 1. The van der Waals surface area contributed by atoms with Crippen LogP contribution >= 0.6 is 45.7 Å². The summed E-state index contributed by atoms with van der Waals surface area (Å²) in [7, 11) is 0. The van der Waals surface area contributed by atoms with Crippen molar-refractivity contribution < 1.29 is 4.79 Å². The average Bonchev–Trinajstić information content (AvgIpc) is 2.91. The third-order valence-corrected chi connectivity index (χ3v) is 6.70. The van der Waals surface area contributed by atoms with E-state index < -0.39 is 0 Å². The van der Waals surface area contributed by atoms with Crippen LogP contribution in [0.5, 0.6) is 0 Å². The number of carbonyl (C=O) groups excluding carboxylic acids is 1. The van der Waals surface area contributed by atoms with E-state index in [9.17, 15) is 4.79 Å². The van der Waals surface area contributed by atoms with E-state index in [1.165, 1.54) is 21.3 Å². The summed E-state index contributed by atoms with van der Waals surface area (Å²) in [6, 6.07) is 12.0. The van der Waals surface area contributed by atoms with Gasteiger partial charge in [0.1, 0.15) is 0 Å². The molecule has 0 aliphatic carbocycles. The monoisotopic (exact) mass is 482 g/mol. The van der Waals surface area contributed by atoms with Crippen LogP contribution in [-0.2, 0) is 6.54 Å². The maximum absolute atomic E-state index is 12.7. The summed E-state index contributed by atoms with van der Waals surface area (Å²) in [6.07, 6.45) is 2.10. The molecule has 0 saturated carbocycles. The van der Waals surface area contributed by atoms with Crippen LogP contribution in [-0.4, -0.2) is 22.5 Å². The van der Waals surface area contributed by atoms with E-state index in [1.54, 1.807) is 23.1 Å². The molecule has 0 N–H and O–H groups in total. The van der Waals surface area contributed by atoms with Crippen molar-refractivity contribution in [3.8, 4) is 0 Å². The molecular formula is C19H19IN2OS2. The molecule has 0 fully saturated rings. The highest BCUT2D eigenvalue weighted by molar-refractivity contribution is 14.1. The lowest BCUT2D eigenvalue weighted by molar-refractivity contribution is 0.0997. The molecule has 1 amide bonds. The van der Waals surface area contributed by atoms with Crippen molar-refractivity contribution in [3.63, 3.8) is 0 Å².